The first-order valence-corrected chi connectivity index (χ1v) is 8.23. The third-order valence-electron chi connectivity index (χ3n) is 4.21. The molecule has 1 atom stereocenters. The number of hydrogen-bond acceptors (Lipinski definition) is 5. The van der Waals surface area contributed by atoms with Gasteiger partial charge in [-0.05, 0) is 25.1 Å². The number of benzene rings is 1. The molecule has 1 fully saturated rings. The molecule has 1 aromatic heterocycles. The number of carbonyl (C=O) groups is 1. The Kier molecular flexibility index (Phi) is 4.05. The first kappa shape index (κ1) is 15.6. The number of pyridine rings is 1. The number of hydrogen-bond donors (Lipinski definition) is 1. The summed E-state index contributed by atoms with van der Waals surface area (Å²) in [5.41, 5.74) is 1.59. The summed E-state index contributed by atoms with van der Waals surface area (Å²) in [5, 5.41) is 2.89. The molecule has 2 amide bonds. The molecule has 0 spiro atoms. The van der Waals surface area contributed by atoms with Gasteiger partial charge in [-0.1, -0.05) is 6.07 Å². The molecule has 1 unspecified atom stereocenters. The molecular formula is C18H19N3O4. The number of nitrogens with zero attached hydrogens (tertiary/aromatic N) is 2. The Balaban J connectivity index is 1.34. The summed E-state index contributed by atoms with van der Waals surface area (Å²) in [6, 6.07) is 10.9. The number of urea groups is 1. The van der Waals surface area contributed by atoms with Crippen molar-refractivity contribution in [1.82, 2.24) is 9.88 Å². The van der Waals surface area contributed by atoms with Gasteiger partial charge in [-0.2, -0.15) is 0 Å². The fourth-order valence-corrected chi connectivity index (χ4v) is 2.94. The highest BCUT2D eigenvalue weighted by Gasteiger charge is 2.28. The monoisotopic (exact) mass is 341 g/mol. The van der Waals surface area contributed by atoms with E-state index in [-0.39, 0.29) is 18.9 Å². The lowest BCUT2D eigenvalue weighted by Gasteiger charge is -2.18. The highest BCUT2D eigenvalue weighted by Crippen LogP contribution is 2.34. The lowest BCUT2D eigenvalue weighted by atomic mass is 10.3. The second kappa shape index (κ2) is 6.51. The number of aromatic nitrogens is 1. The molecule has 2 aromatic rings. The number of fused-ring (bicyclic) bond motifs is 1. The van der Waals surface area contributed by atoms with Gasteiger partial charge >= 0.3 is 6.03 Å². The molecule has 2 aliphatic rings. The van der Waals surface area contributed by atoms with Crippen LogP contribution in [0.25, 0.3) is 0 Å². The lowest BCUT2D eigenvalue weighted by Crippen LogP contribution is -2.34. The molecule has 2 aliphatic heterocycles. The number of carbonyl (C=O) groups excluding carboxylic acids is 1. The number of ether oxygens (including phenoxy) is 3. The smallest absolute Gasteiger partial charge is 0.321 e. The van der Waals surface area contributed by atoms with Gasteiger partial charge in [0, 0.05) is 36.5 Å². The predicted molar refractivity (Wildman–Crippen MR) is 91.2 cm³/mol. The lowest BCUT2D eigenvalue weighted by molar-refractivity contribution is 0.174. The van der Waals surface area contributed by atoms with E-state index in [9.17, 15) is 4.79 Å². The normalized spacial score (nSPS) is 18.3. The summed E-state index contributed by atoms with van der Waals surface area (Å²) in [4.78, 5) is 18.5. The predicted octanol–water partition coefficient (Wildman–Crippen LogP) is 2.80. The van der Waals surface area contributed by atoms with Gasteiger partial charge in [0.05, 0.1) is 6.54 Å². The molecule has 0 saturated carbocycles. The minimum Gasteiger partial charge on any atom is -0.472 e. The summed E-state index contributed by atoms with van der Waals surface area (Å²) < 4.78 is 16.5. The standard InChI is InChI=1S/C18H19N3O4/c1-12-3-2-4-17(19-12)25-14-7-8-21(10-14)18(22)20-13-5-6-15-16(9-13)24-11-23-15/h2-6,9,14H,7-8,10-11H2,1H3,(H,20,22). The number of aryl methyl sites for hydroxylation is 1. The van der Waals surface area contributed by atoms with Gasteiger partial charge in [0.25, 0.3) is 0 Å². The molecule has 3 heterocycles. The number of amides is 2. The summed E-state index contributed by atoms with van der Waals surface area (Å²) >= 11 is 0. The average Bonchev–Trinajstić information content (AvgIpc) is 3.23. The summed E-state index contributed by atoms with van der Waals surface area (Å²) in [6.45, 7) is 3.32. The van der Waals surface area contributed by atoms with Crippen LogP contribution >= 0.6 is 0 Å². The fourth-order valence-electron chi connectivity index (χ4n) is 2.94. The Morgan fingerprint density at radius 3 is 3.04 bits per heavy atom. The van der Waals surface area contributed by atoms with E-state index in [1.165, 1.54) is 0 Å². The van der Waals surface area contributed by atoms with E-state index in [0.717, 1.165) is 12.1 Å². The van der Waals surface area contributed by atoms with Crippen LogP contribution < -0.4 is 19.5 Å². The van der Waals surface area contributed by atoms with E-state index in [2.05, 4.69) is 10.3 Å². The van der Waals surface area contributed by atoms with Gasteiger partial charge in [0.2, 0.25) is 12.7 Å². The molecule has 130 valence electrons. The van der Waals surface area contributed by atoms with Crippen LogP contribution in [-0.2, 0) is 0 Å². The number of likely N-dealkylation sites (tertiary alicyclic amines) is 1. The number of nitrogens with one attached hydrogen (secondary N) is 1. The largest absolute Gasteiger partial charge is 0.472 e. The molecule has 7 heteroatoms. The zero-order valence-corrected chi connectivity index (χ0v) is 13.9. The Morgan fingerprint density at radius 2 is 2.16 bits per heavy atom. The summed E-state index contributed by atoms with van der Waals surface area (Å²) in [6.07, 6.45) is 0.737. The van der Waals surface area contributed by atoms with Crippen LogP contribution in [0.5, 0.6) is 17.4 Å². The van der Waals surface area contributed by atoms with Crippen molar-refractivity contribution in [3.8, 4) is 17.4 Å². The quantitative estimate of drug-likeness (QED) is 0.929. The molecular weight excluding hydrogens is 322 g/mol. The van der Waals surface area contributed by atoms with Crippen molar-refractivity contribution in [2.24, 2.45) is 0 Å². The second-order valence-electron chi connectivity index (χ2n) is 6.09. The Hall–Kier alpha value is -2.96. The van der Waals surface area contributed by atoms with Gasteiger partial charge in [0.15, 0.2) is 11.5 Å². The van der Waals surface area contributed by atoms with Crippen LogP contribution in [0.15, 0.2) is 36.4 Å². The SMILES string of the molecule is Cc1cccc(OC2CCN(C(=O)Nc3ccc4c(c3)OCO4)C2)n1. The van der Waals surface area contributed by atoms with Crippen LogP contribution in [0.1, 0.15) is 12.1 Å². The molecule has 1 saturated heterocycles. The van der Waals surface area contributed by atoms with Crippen molar-refractivity contribution in [2.45, 2.75) is 19.4 Å². The third-order valence-corrected chi connectivity index (χ3v) is 4.21. The molecule has 1 N–H and O–H groups in total. The van der Waals surface area contributed by atoms with Crippen LogP contribution in [0.4, 0.5) is 10.5 Å². The van der Waals surface area contributed by atoms with Crippen molar-refractivity contribution in [3.63, 3.8) is 0 Å². The number of anilines is 1. The van der Waals surface area contributed by atoms with Crippen molar-refractivity contribution < 1.29 is 19.0 Å². The van der Waals surface area contributed by atoms with E-state index >= 15 is 0 Å². The zero-order valence-electron chi connectivity index (χ0n) is 13.9. The van der Waals surface area contributed by atoms with E-state index in [1.54, 1.807) is 23.1 Å². The summed E-state index contributed by atoms with van der Waals surface area (Å²) in [5.74, 6) is 1.94. The molecule has 0 radical (unpaired) electrons. The van der Waals surface area contributed by atoms with E-state index in [0.29, 0.717) is 36.2 Å². The van der Waals surface area contributed by atoms with Crippen molar-refractivity contribution in [1.29, 1.82) is 0 Å². The van der Waals surface area contributed by atoms with E-state index in [4.69, 9.17) is 14.2 Å². The highest BCUT2D eigenvalue weighted by molar-refractivity contribution is 5.90. The third kappa shape index (κ3) is 3.45. The first-order chi connectivity index (χ1) is 12.2. The first-order valence-electron chi connectivity index (χ1n) is 8.23. The summed E-state index contributed by atoms with van der Waals surface area (Å²) in [7, 11) is 0. The molecule has 0 aliphatic carbocycles. The zero-order chi connectivity index (χ0) is 17.2. The second-order valence-corrected chi connectivity index (χ2v) is 6.09. The van der Waals surface area contributed by atoms with Crippen molar-refractivity contribution >= 4 is 11.7 Å². The van der Waals surface area contributed by atoms with E-state index < -0.39 is 0 Å². The maximum Gasteiger partial charge on any atom is 0.321 e. The van der Waals surface area contributed by atoms with Crippen molar-refractivity contribution in [2.75, 3.05) is 25.2 Å². The molecule has 1 aromatic carbocycles. The Bertz CT molecular complexity index is 796. The average molecular weight is 341 g/mol. The maximum absolute atomic E-state index is 12.4. The topological polar surface area (TPSA) is 72.9 Å². The fraction of sp³-hybridized carbons (Fsp3) is 0.333. The van der Waals surface area contributed by atoms with Crippen LogP contribution in [0, 0.1) is 6.92 Å². The maximum atomic E-state index is 12.4. The Morgan fingerprint density at radius 1 is 1.28 bits per heavy atom. The van der Waals surface area contributed by atoms with Gasteiger partial charge in [-0.15, -0.1) is 0 Å². The van der Waals surface area contributed by atoms with Crippen molar-refractivity contribution in [3.05, 3.63) is 42.1 Å². The van der Waals surface area contributed by atoms with Crippen LogP contribution in [0.3, 0.4) is 0 Å². The Labute approximate surface area is 145 Å². The van der Waals surface area contributed by atoms with Gasteiger partial charge in [-0.25, -0.2) is 9.78 Å². The van der Waals surface area contributed by atoms with Crippen LogP contribution in [0.2, 0.25) is 0 Å². The van der Waals surface area contributed by atoms with E-state index in [1.807, 2.05) is 25.1 Å². The van der Waals surface area contributed by atoms with Crippen LogP contribution in [-0.4, -0.2) is 41.9 Å². The van der Waals surface area contributed by atoms with Gasteiger partial charge < -0.3 is 24.4 Å². The minimum absolute atomic E-state index is 0.0446. The molecule has 7 nitrogen and oxygen atoms in total. The molecule has 25 heavy (non-hydrogen) atoms. The number of rotatable bonds is 3. The van der Waals surface area contributed by atoms with Gasteiger partial charge in [0.1, 0.15) is 6.10 Å². The molecule has 0 bridgehead atoms. The van der Waals surface area contributed by atoms with Gasteiger partial charge in [-0.3, -0.25) is 0 Å². The highest BCUT2D eigenvalue weighted by atomic mass is 16.7. The molecule has 4 rings (SSSR count). The minimum atomic E-state index is -0.151.